The fraction of sp³-hybridized carbons (Fsp3) is 0.296. The largest absolute Gasteiger partial charge is 0.468 e. The molecule has 0 aromatic heterocycles. The molecule has 7 heteroatoms. The van der Waals surface area contributed by atoms with E-state index >= 15 is 0 Å². The molecule has 0 saturated heterocycles. The molecule has 0 fully saturated rings. The second-order valence-electron chi connectivity index (χ2n) is 8.65. The Kier molecular flexibility index (Phi) is 6.63. The van der Waals surface area contributed by atoms with Crippen LogP contribution in [0.5, 0.6) is 0 Å². The van der Waals surface area contributed by atoms with Gasteiger partial charge in [0.25, 0.3) is 0 Å². The SMILES string of the molecule is COC(=O)[C@H]1C(=O)C2=C(C[C@@H]1C)NC(C)=C(C(=O)OCc1ccccc1)[C@H]2c1cccc(F)c1. The number of nitrogens with one attached hydrogen (secondary N) is 1. The first-order valence-electron chi connectivity index (χ1n) is 11.1. The average Bonchev–Trinajstić information content (AvgIpc) is 2.82. The minimum atomic E-state index is -0.999. The van der Waals surface area contributed by atoms with E-state index < -0.39 is 35.4 Å². The summed E-state index contributed by atoms with van der Waals surface area (Å²) in [5.41, 5.74) is 2.90. The molecule has 0 spiro atoms. The van der Waals surface area contributed by atoms with Gasteiger partial charge in [-0.25, -0.2) is 9.18 Å². The van der Waals surface area contributed by atoms with Crippen LogP contribution in [0.25, 0.3) is 0 Å². The summed E-state index contributed by atoms with van der Waals surface area (Å²) < 4.78 is 24.7. The Hall–Kier alpha value is -3.74. The van der Waals surface area contributed by atoms with Gasteiger partial charge in [0.2, 0.25) is 0 Å². The van der Waals surface area contributed by atoms with E-state index in [1.54, 1.807) is 13.0 Å². The minimum absolute atomic E-state index is 0.0496. The number of esters is 2. The Balaban J connectivity index is 1.77. The number of ether oxygens (including phenoxy) is 2. The molecule has 1 aliphatic heterocycles. The van der Waals surface area contributed by atoms with E-state index in [-0.39, 0.29) is 23.7 Å². The molecule has 0 radical (unpaired) electrons. The van der Waals surface area contributed by atoms with Crippen LogP contribution in [0, 0.1) is 17.7 Å². The van der Waals surface area contributed by atoms with E-state index in [0.717, 1.165) is 5.56 Å². The van der Waals surface area contributed by atoms with Crippen LogP contribution in [0.3, 0.4) is 0 Å². The summed E-state index contributed by atoms with van der Waals surface area (Å²) >= 11 is 0. The number of hydrogen-bond acceptors (Lipinski definition) is 6. The summed E-state index contributed by atoms with van der Waals surface area (Å²) in [5, 5.41) is 3.19. The molecule has 0 bridgehead atoms. The molecule has 34 heavy (non-hydrogen) atoms. The summed E-state index contributed by atoms with van der Waals surface area (Å²) in [6.07, 6.45) is 0.413. The highest BCUT2D eigenvalue weighted by Gasteiger charge is 2.47. The first-order chi connectivity index (χ1) is 16.3. The predicted octanol–water partition coefficient (Wildman–Crippen LogP) is 4.18. The number of rotatable bonds is 5. The third kappa shape index (κ3) is 4.38. The third-order valence-corrected chi connectivity index (χ3v) is 6.36. The number of benzene rings is 2. The van der Waals surface area contributed by atoms with Gasteiger partial charge in [-0.05, 0) is 42.5 Å². The number of methoxy groups -OCH3 is 1. The van der Waals surface area contributed by atoms with Crippen molar-refractivity contribution in [2.75, 3.05) is 7.11 Å². The lowest BCUT2D eigenvalue weighted by Crippen LogP contribution is -2.43. The third-order valence-electron chi connectivity index (χ3n) is 6.36. The number of carbonyl (C=O) groups is 3. The zero-order valence-electron chi connectivity index (χ0n) is 19.3. The van der Waals surface area contributed by atoms with Crippen LogP contribution >= 0.6 is 0 Å². The molecule has 6 nitrogen and oxygen atoms in total. The molecule has 1 N–H and O–H groups in total. The first-order valence-corrected chi connectivity index (χ1v) is 11.1. The van der Waals surface area contributed by atoms with E-state index in [2.05, 4.69) is 5.32 Å². The van der Waals surface area contributed by atoms with Crippen LogP contribution in [0.4, 0.5) is 4.39 Å². The summed E-state index contributed by atoms with van der Waals surface area (Å²) in [5.74, 6) is -4.32. The molecule has 0 amide bonds. The van der Waals surface area contributed by atoms with Crippen LogP contribution < -0.4 is 5.32 Å². The molecule has 2 aromatic rings. The molecular formula is C27H26FNO5. The maximum absolute atomic E-state index is 14.2. The van der Waals surface area contributed by atoms with Gasteiger partial charge in [0.15, 0.2) is 5.78 Å². The van der Waals surface area contributed by atoms with Gasteiger partial charge in [0.1, 0.15) is 18.3 Å². The molecule has 4 rings (SSSR count). The normalized spacial score (nSPS) is 22.1. The highest BCUT2D eigenvalue weighted by atomic mass is 19.1. The fourth-order valence-corrected chi connectivity index (χ4v) is 4.77. The van der Waals surface area contributed by atoms with Crippen molar-refractivity contribution < 1.29 is 28.2 Å². The van der Waals surface area contributed by atoms with Gasteiger partial charge in [-0.15, -0.1) is 0 Å². The number of Topliss-reactive ketones (excluding diaryl/α,β-unsaturated/α-hetero) is 1. The highest BCUT2D eigenvalue weighted by Crippen LogP contribution is 2.45. The number of halogens is 1. The van der Waals surface area contributed by atoms with Crippen LogP contribution in [0.15, 0.2) is 77.1 Å². The van der Waals surface area contributed by atoms with Crippen molar-refractivity contribution in [3.63, 3.8) is 0 Å². The Bertz CT molecular complexity index is 1200. The van der Waals surface area contributed by atoms with Gasteiger partial charge < -0.3 is 14.8 Å². The van der Waals surface area contributed by atoms with E-state index in [9.17, 15) is 18.8 Å². The number of allylic oxidation sites excluding steroid dienone is 3. The molecule has 1 aliphatic carbocycles. The fourth-order valence-electron chi connectivity index (χ4n) is 4.77. The molecule has 1 heterocycles. The Morgan fingerprint density at radius 1 is 1.12 bits per heavy atom. The van der Waals surface area contributed by atoms with Crippen LogP contribution in [0.2, 0.25) is 0 Å². The zero-order chi connectivity index (χ0) is 24.4. The van der Waals surface area contributed by atoms with Crippen molar-refractivity contribution in [2.24, 2.45) is 11.8 Å². The summed E-state index contributed by atoms with van der Waals surface area (Å²) in [6, 6.07) is 15.0. The molecule has 0 saturated carbocycles. The molecule has 3 atom stereocenters. The number of hydrogen-bond donors (Lipinski definition) is 1. The lowest BCUT2D eigenvalue weighted by Gasteiger charge is -2.38. The van der Waals surface area contributed by atoms with Crippen molar-refractivity contribution in [3.05, 3.63) is 94.1 Å². The van der Waals surface area contributed by atoms with Gasteiger partial charge in [-0.1, -0.05) is 49.4 Å². The van der Waals surface area contributed by atoms with Gasteiger partial charge in [0, 0.05) is 22.9 Å². The molecular weight excluding hydrogens is 437 g/mol. The van der Waals surface area contributed by atoms with Gasteiger partial charge in [0.05, 0.1) is 12.7 Å². The Morgan fingerprint density at radius 3 is 2.53 bits per heavy atom. The van der Waals surface area contributed by atoms with Crippen LogP contribution in [0.1, 0.15) is 37.3 Å². The van der Waals surface area contributed by atoms with Gasteiger partial charge >= 0.3 is 11.9 Å². The Labute approximate surface area is 197 Å². The number of carbonyl (C=O) groups excluding carboxylic acids is 3. The monoisotopic (exact) mass is 463 g/mol. The second-order valence-corrected chi connectivity index (χ2v) is 8.65. The zero-order valence-corrected chi connectivity index (χ0v) is 19.3. The topological polar surface area (TPSA) is 81.7 Å². The van der Waals surface area contributed by atoms with Crippen LogP contribution in [-0.4, -0.2) is 24.8 Å². The summed E-state index contributed by atoms with van der Waals surface area (Å²) in [6.45, 7) is 3.59. The van der Waals surface area contributed by atoms with Crippen molar-refractivity contribution in [1.29, 1.82) is 0 Å². The second kappa shape index (κ2) is 9.63. The minimum Gasteiger partial charge on any atom is -0.468 e. The summed E-state index contributed by atoms with van der Waals surface area (Å²) in [7, 11) is 1.24. The maximum Gasteiger partial charge on any atom is 0.337 e. The lowest BCUT2D eigenvalue weighted by molar-refractivity contribution is -0.151. The van der Waals surface area contributed by atoms with E-state index in [1.807, 2.05) is 37.3 Å². The van der Waals surface area contributed by atoms with E-state index in [4.69, 9.17) is 9.47 Å². The van der Waals surface area contributed by atoms with Crippen molar-refractivity contribution in [1.82, 2.24) is 5.32 Å². The molecule has 176 valence electrons. The van der Waals surface area contributed by atoms with E-state index in [0.29, 0.717) is 23.4 Å². The Morgan fingerprint density at radius 2 is 1.85 bits per heavy atom. The first kappa shape index (κ1) is 23.4. The van der Waals surface area contributed by atoms with Crippen molar-refractivity contribution in [2.45, 2.75) is 32.8 Å². The standard InChI is InChI=1S/C27H26FNO5/c1-15-12-20-24(25(30)21(15)26(31)33-3)23(18-10-7-11-19(28)13-18)22(16(2)29-20)27(32)34-14-17-8-5-4-6-9-17/h4-11,13,15,21,23,29H,12,14H2,1-3H3/t15-,21+,23+/m0/s1. The van der Waals surface area contributed by atoms with Gasteiger partial charge in [-0.3, -0.25) is 9.59 Å². The molecule has 0 unspecified atom stereocenters. The van der Waals surface area contributed by atoms with Crippen molar-refractivity contribution in [3.8, 4) is 0 Å². The van der Waals surface area contributed by atoms with Crippen LogP contribution in [-0.2, 0) is 30.5 Å². The molecule has 2 aliphatic rings. The smallest absolute Gasteiger partial charge is 0.337 e. The van der Waals surface area contributed by atoms with E-state index in [1.165, 1.54) is 25.3 Å². The quantitative estimate of drug-likeness (QED) is 0.529. The average molecular weight is 464 g/mol. The lowest BCUT2D eigenvalue weighted by atomic mass is 9.69. The molecule has 2 aromatic carbocycles. The number of dihydropyridines is 1. The highest BCUT2D eigenvalue weighted by molar-refractivity contribution is 6.12. The number of ketones is 1. The maximum atomic E-state index is 14.2. The summed E-state index contributed by atoms with van der Waals surface area (Å²) in [4.78, 5) is 39.4. The predicted molar refractivity (Wildman–Crippen MR) is 123 cm³/mol. The van der Waals surface area contributed by atoms with Crippen molar-refractivity contribution >= 4 is 17.7 Å². The van der Waals surface area contributed by atoms with Gasteiger partial charge in [-0.2, -0.15) is 0 Å².